The first kappa shape index (κ1) is 18.7. The van der Waals surface area contributed by atoms with Gasteiger partial charge < -0.3 is 18.9 Å². The molecule has 0 radical (unpaired) electrons. The minimum atomic E-state index is 0.787. The topological polar surface area (TPSA) is 36.9 Å². The lowest BCUT2D eigenvalue weighted by atomic mass is 10.1. The van der Waals surface area contributed by atoms with E-state index in [-0.39, 0.29) is 0 Å². The largest absolute Gasteiger partial charge is 0.497 e. The number of thiophene rings is 2. The summed E-state index contributed by atoms with van der Waals surface area (Å²) >= 11 is 3.52. The molecule has 4 rings (SSSR count). The smallest absolute Gasteiger partial charge is 0.123 e. The average molecular weight is 413 g/mol. The van der Waals surface area contributed by atoms with E-state index in [1.165, 1.54) is 19.2 Å². The van der Waals surface area contributed by atoms with Gasteiger partial charge >= 0.3 is 0 Å². The second kappa shape index (κ2) is 7.73. The lowest BCUT2D eigenvalue weighted by Gasteiger charge is -2.07. The zero-order chi connectivity index (χ0) is 19.7. The molecule has 28 heavy (non-hydrogen) atoms. The zero-order valence-corrected chi connectivity index (χ0v) is 17.7. The third kappa shape index (κ3) is 3.53. The molecule has 144 valence electrons. The zero-order valence-electron chi connectivity index (χ0n) is 16.1. The molecule has 0 unspecified atom stereocenters. The van der Waals surface area contributed by atoms with Crippen molar-refractivity contribution in [2.75, 3.05) is 28.4 Å². The average Bonchev–Trinajstić information content (AvgIpc) is 3.32. The molecule has 0 aliphatic rings. The highest BCUT2D eigenvalue weighted by atomic mass is 32.1. The Hall–Kier alpha value is -2.70. The van der Waals surface area contributed by atoms with Crippen LogP contribution in [0.3, 0.4) is 0 Å². The van der Waals surface area contributed by atoms with Gasteiger partial charge in [0.1, 0.15) is 23.0 Å². The first-order valence-electron chi connectivity index (χ1n) is 8.63. The summed E-state index contributed by atoms with van der Waals surface area (Å²) in [7, 11) is 6.67. The molecule has 2 heterocycles. The van der Waals surface area contributed by atoms with E-state index in [1.807, 2.05) is 36.4 Å². The van der Waals surface area contributed by atoms with E-state index >= 15 is 0 Å². The molecule has 0 N–H and O–H groups in total. The summed E-state index contributed by atoms with van der Waals surface area (Å²) in [5.74, 6) is 3.15. The second-order valence-corrected chi connectivity index (χ2v) is 8.32. The van der Waals surface area contributed by atoms with Crippen molar-refractivity contribution in [2.45, 2.75) is 0 Å². The Labute approximate surface area is 171 Å². The van der Waals surface area contributed by atoms with Gasteiger partial charge in [-0.15, -0.1) is 22.7 Å². The number of fused-ring (bicyclic) bond motifs is 1. The Bertz CT molecular complexity index is 966. The molecule has 2 aromatic carbocycles. The Kier molecular flexibility index (Phi) is 5.15. The molecule has 0 saturated heterocycles. The summed E-state index contributed by atoms with van der Waals surface area (Å²) in [5.41, 5.74) is 2.18. The van der Waals surface area contributed by atoms with Crippen molar-refractivity contribution >= 4 is 32.1 Å². The van der Waals surface area contributed by atoms with Crippen molar-refractivity contribution in [1.29, 1.82) is 0 Å². The molecule has 4 aromatic rings. The molecule has 0 bridgehead atoms. The van der Waals surface area contributed by atoms with Crippen LogP contribution in [0.25, 0.3) is 30.3 Å². The van der Waals surface area contributed by atoms with Gasteiger partial charge in [-0.2, -0.15) is 0 Å². The molecule has 2 aromatic heterocycles. The molecule has 0 atom stereocenters. The molecule has 0 spiro atoms. The molecule has 0 aliphatic heterocycles. The summed E-state index contributed by atoms with van der Waals surface area (Å²) < 4.78 is 24.1. The summed E-state index contributed by atoms with van der Waals surface area (Å²) in [5, 5.41) is 0. The fraction of sp³-hybridized carbons (Fsp3) is 0.182. The number of benzene rings is 2. The molecular formula is C22H20O4S2. The van der Waals surface area contributed by atoms with E-state index in [0.717, 1.165) is 34.1 Å². The predicted molar refractivity (Wildman–Crippen MR) is 117 cm³/mol. The first-order chi connectivity index (χ1) is 13.6. The van der Waals surface area contributed by atoms with E-state index < -0.39 is 0 Å². The van der Waals surface area contributed by atoms with Crippen LogP contribution < -0.4 is 18.9 Å². The maximum atomic E-state index is 5.40. The van der Waals surface area contributed by atoms with Crippen LogP contribution in [-0.4, -0.2) is 28.4 Å². The SMILES string of the molecule is COc1cc(OC)cc(-c2cc3sc(-c4cc(OC)cc(OC)c4)cc3s2)c1. The van der Waals surface area contributed by atoms with Crippen molar-refractivity contribution in [3.63, 3.8) is 0 Å². The highest BCUT2D eigenvalue weighted by Crippen LogP contribution is 2.44. The molecule has 0 aliphatic carbocycles. The van der Waals surface area contributed by atoms with Gasteiger partial charge in [0.15, 0.2) is 0 Å². The van der Waals surface area contributed by atoms with Gasteiger partial charge in [-0.05, 0) is 47.5 Å². The third-order valence-electron chi connectivity index (χ3n) is 4.48. The maximum absolute atomic E-state index is 5.40. The van der Waals surface area contributed by atoms with Crippen LogP contribution in [-0.2, 0) is 0 Å². The molecule has 0 fully saturated rings. The van der Waals surface area contributed by atoms with E-state index in [4.69, 9.17) is 18.9 Å². The van der Waals surface area contributed by atoms with Crippen molar-refractivity contribution in [3.8, 4) is 43.9 Å². The van der Waals surface area contributed by atoms with E-state index in [2.05, 4.69) is 12.1 Å². The van der Waals surface area contributed by atoms with Crippen molar-refractivity contribution < 1.29 is 18.9 Å². The first-order valence-corrected chi connectivity index (χ1v) is 10.3. The maximum Gasteiger partial charge on any atom is 0.123 e. The molecular weight excluding hydrogens is 392 g/mol. The lowest BCUT2D eigenvalue weighted by Crippen LogP contribution is -1.88. The minimum absolute atomic E-state index is 0.787. The van der Waals surface area contributed by atoms with Gasteiger partial charge in [-0.3, -0.25) is 0 Å². The molecule has 4 nitrogen and oxygen atoms in total. The van der Waals surface area contributed by atoms with Crippen molar-refractivity contribution in [2.24, 2.45) is 0 Å². The van der Waals surface area contributed by atoms with Gasteiger partial charge in [0.05, 0.1) is 28.4 Å². The fourth-order valence-electron chi connectivity index (χ4n) is 3.02. The Balaban J connectivity index is 1.73. The van der Waals surface area contributed by atoms with E-state index in [0.29, 0.717) is 0 Å². The number of methoxy groups -OCH3 is 4. The minimum Gasteiger partial charge on any atom is -0.497 e. The van der Waals surface area contributed by atoms with Crippen molar-refractivity contribution in [1.82, 2.24) is 0 Å². The van der Waals surface area contributed by atoms with Gasteiger partial charge in [0.2, 0.25) is 0 Å². The second-order valence-electron chi connectivity index (χ2n) is 6.15. The predicted octanol–water partition coefficient (Wildman–Crippen LogP) is 6.33. The van der Waals surface area contributed by atoms with Crippen LogP contribution in [0.1, 0.15) is 0 Å². The highest BCUT2D eigenvalue weighted by Gasteiger charge is 2.13. The summed E-state index contributed by atoms with van der Waals surface area (Å²) in [6, 6.07) is 16.3. The van der Waals surface area contributed by atoms with Crippen LogP contribution in [0, 0.1) is 0 Å². The molecule has 0 saturated carbocycles. The fourth-order valence-corrected chi connectivity index (χ4v) is 5.39. The monoisotopic (exact) mass is 412 g/mol. The van der Waals surface area contributed by atoms with E-state index in [1.54, 1.807) is 51.1 Å². The van der Waals surface area contributed by atoms with Gasteiger partial charge in [0, 0.05) is 31.3 Å². The number of ether oxygens (including phenoxy) is 4. The number of hydrogen-bond donors (Lipinski definition) is 0. The van der Waals surface area contributed by atoms with Crippen LogP contribution in [0.5, 0.6) is 23.0 Å². The molecule has 0 amide bonds. The lowest BCUT2D eigenvalue weighted by molar-refractivity contribution is 0.394. The van der Waals surface area contributed by atoms with Gasteiger partial charge in [0.25, 0.3) is 0 Å². The van der Waals surface area contributed by atoms with Crippen LogP contribution >= 0.6 is 22.7 Å². The number of hydrogen-bond acceptors (Lipinski definition) is 6. The summed E-state index contributed by atoms with van der Waals surface area (Å²) in [6.07, 6.45) is 0. The molecule has 6 heteroatoms. The van der Waals surface area contributed by atoms with Gasteiger partial charge in [-0.25, -0.2) is 0 Å². The van der Waals surface area contributed by atoms with Crippen molar-refractivity contribution in [3.05, 3.63) is 48.5 Å². The van der Waals surface area contributed by atoms with Crippen LogP contribution in [0.4, 0.5) is 0 Å². The number of rotatable bonds is 6. The quantitative estimate of drug-likeness (QED) is 0.371. The van der Waals surface area contributed by atoms with Crippen LogP contribution in [0.2, 0.25) is 0 Å². The Morgan fingerprint density at radius 3 is 1.07 bits per heavy atom. The third-order valence-corrected chi connectivity index (χ3v) is 6.87. The standard InChI is InChI=1S/C22H20O4S2/c1-23-15-5-13(6-16(9-15)24-2)19-11-21-22(27-19)12-20(28-21)14-7-17(25-3)10-18(8-14)26-4/h5-12H,1-4H3. The Morgan fingerprint density at radius 2 is 0.786 bits per heavy atom. The van der Waals surface area contributed by atoms with Crippen LogP contribution in [0.15, 0.2) is 48.5 Å². The highest BCUT2D eigenvalue weighted by molar-refractivity contribution is 7.31. The summed E-state index contributed by atoms with van der Waals surface area (Å²) in [4.78, 5) is 2.38. The van der Waals surface area contributed by atoms with Gasteiger partial charge in [-0.1, -0.05) is 0 Å². The Morgan fingerprint density at radius 1 is 0.464 bits per heavy atom. The summed E-state index contributed by atoms with van der Waals surface area (Å²) in [6.45, 7) is 0. The van der Waals surface area contributed by atoms with E-state index in [9.17, 15) is 0 Å². The normalized spacial score (nSPS) is 10.9.